The number of benzene rings is 2. The Bertz CT molecular complexity index is 1100. The van der Waals surface area contributed by atoms with E-state index in [1.54, 1.807) is 15.9 Å². The van der Waals surface area contributed by atoms with Crippen LogP contribution in [0.2, 0.25) is 0 Å². The van der Waals surface area contributed by atoms with Crippen LogP contribution < -0.4 is 4.90 Å². The first-order valence-corrected chi connectivity index (χ1v) is 10.8. The van der Waals surface area contributed by atoms with Gasteiger partial charge in [-0.15, -0.1) is 0 Å². The van der Waals surface area contributed by atoms with Crippen LogP contribution in [0.1, 0.15) is 28.8 Å². The van der Waals surface area contributed by atoms with Gasteiger partial charge in [0.1, 0.15) is 12.7 Å². The molecule has 3 heterocycles. The van der Waals surface area contributed by atoms with Crippen LogP contribution >= 0.6 is 11.3 Å². The third-order valence-corrected chi connectivity index (χ3v) is 6.24. The van der Waals surface area contributed by atoms with Gasteiger partial charge >= 0.3 is 0 Å². The van der Waals surface area contributed by atoms with Gasteiger partial charge in [-0.25, -0.2) is 14.6 Å². The van der Waals surface area contributed by atoms with Crippen LogP contribution in [0.15, 0.2) is 61.2 Å². The van der Waals surface area contributed by atoms with Crippen molar-refractivity contribution in [2.45, 2.75) is 25.5 Å². The first-order chi connectivity index (χ1) is 14.8. The summed E-state index contributed by atoms with van der Waals surface area (Å²) in [5, 5.41) is 4.84. The predicted molar refractivity (Wildman–Crippen MR) is 116 cm³/mol. The molecule has 1 atom stereocenters. The lowest BCUT2D eigenvalue weighted by Crippen LogP contribution is -2.37. The zero-order valence-electron chi connectivity index (χ0n) is 16.3. The largest absolute Gasteiger partial charge is 0.376 e. The van der Waals surface area contributed by atoms with Gasteiger partial charge in [-0.3, -0.25) is 9.69 Å². The lowest BCUT2D eigenvalue weighted by Gasteiger charge is -2.23. The molecule has 2 aromatic heterocycles. The molecule has 0 N–H and O–H groups in total. The van der Waals surface area contributed by atoms with Crippen LogP contribution in [0.4, 0.5) is 5.13 Å². The molecule has 0 saturated carbocycles. The van der Waals surface area contributed by atoms with E-state index < -0.39 is 0 Å². The molecule has 1 aliphatic rings. The number of carbonyl (C=O) groups excluding carboxylic acids is 1. The number of fused-ring (bicyclic) bond motifs is 1. The van der Waals surface area contributed by atoms with E-state index in [-0.39, 0.29) is 12.0 Å². The van der Waals surface area contributed by atoms with E-state index in [1.165, 1.54) is 17.7 Å². The van der Waals surface area contributed by atoms with Gasteiger partial charge in [0, 0.05) is 12.2 Å². The Morgan fingerprint density at radius 3 is 2.80 bits per heavy atom. The zero-order valence-corrected chi connectivity index (χ0v) is 17.2. The highest BCUT2D eigenvalue weighted by Gasteiger charge is 2.27. The van der Waals surface area contributed by atoms with Crippen LogP contribution in [-0.4, -0.2) is 44.9 Å². The highest BCUT2D eigenvalue weighted by molar-refractivity contribution is 7.22. The van der Waals surface area contributed by atoms with Gasteiger partial charge in [-0.1, -0.05) is 35.6 Å². The summed E-state index contributed by atoms with van der Waals surface area (Å²) in [7, 11) is 0. The van der Waals surface area contributed by atoms with Gasteiger partial charge in [0.15, 0.2) is 5.13 Å². The van der Waals surface area contributed by atoms with Crippen LogP contribution in [0.3, 0.4) is 0 Å². The molecule has 0 aliphatic carbocycles. The molecule has 8 heteroatoms. The lowest BCUT2D eigenvalue weighted by molar-refractivity contribution is 0.0917. The predicted octanol–water partition coefficient (Wildman–Crippen LogP) is 3.76. The normalized spacial score (nSPS) is 16.2. The van der Waals surface area contributed by atoms with Crippen molar-refractivity contribution in [1.29, 1.82) is 0 Å². The Labute approximate surface area is 177 Å². The van der Waals surface area contributed by atoms with Crippen molar-refractivity contribution in [3.8, 4) is 0 Å². The fraction of sp³-hybridized carbons (Fsp3) is 0.273. The molecule has 30 heavy (non-hydrogen) atoms. The Morgan fingerprint density at radius 2 is 2.07 bits per heavy atom. The van der Waals surface area contributed by atoms with E-state index in [0.717, 1.165) is 35.2 Å². The standard InChI is InChI=1S/C22H21N5O2S/c28-21(17-9-7-16(8-10-17)12-26-15-23-14-24-26)27(13-18-4-3-11-29-18)22-25-19-5-1-2-6-20(19)30-22/h1-2,5-10,14-15,18H,3-4,11-13H2. The second kappa shape index (κ2) is 8.33. The molecule has 7 nitrogen and oxygen atoms in total. The number of aromatic nitrogens is 4. The maximum atomic E-state index is 13.4. The molecule has 5 rings (SSSR count). The lowest BCUT2D eigenvalue weighted by atomic mass is 10.1. The van der Waals surface area contributed by atoms with Gasteiger partial charge in [0.25, 0.3) is 5.91 Å². The minimum Gasteiger partial charge on any atom is -0.376 e. The van der Waals surface area contributed by atoms with Crippen LogP contribution in [0, 0.1) is 0 Å². The van der Waals surface area contributed by atoms with E-state index in [2.05, 4.69) is 10.1 Å². The molecule has 1 fully saturated rings. The molecule has 1 saturated heterocycles. The van der Waals surface area contributed by atoms with E-state index in [0.29, 0.717) is 23.8 Å². The smallest absolute Gasteiger partial charge is 0.260 e. The summed E-state index contributed by atoms with van der Waals surface area (Å²) in [5.41, 5.74) is 2.60. The number of nitrogens with zero attached hydrogens (tertiary/aromatic N) is 5. The number of para-hydroxylation sites is 1. The Hall–Kier alpha value is -3.10. The average Bonchev–Trinajstić information content (AvgIpc) is 3.53. The van der Waals surface area contributed by atoms with Gasteiger partial charge in [-0.2, -0.15) is 5.10 Å². The molecule has 4 aromatic rings. The minimum atomic E-state index is -0.0585. The van der Waals surface area contributed by atoms with Crippen LogP contribution in [-0.2, 0) is 11.3 Å². The fourth-order valence-electron chi connectivity index (χ4n) is 3.63. The fourth-order valence-corrected chi connectivity index (χ4v) is 4.60. The summed E-state index contributed by atoms with van der Waals surface area (Å²) in [6.07, 6.45) is 5.23. The summed E-state index contributed by atoms with van der Waals surface area (Å²) < 4.78 is 8.63. The van der Waals surface area contributed by atoms with Gasteiger partial charge in [0.05, 0.1) is 29.4 Å². The molecule has 2 aromatic carbocycles. The number of carbonyl (C=O) groups is 1. The monoisotopic (exact) mass is 419 g/mol. The Kier molecular flexibility index (Phi) is 5.25. The van der Waals surface area contributed by atoms with Crippen molar-refractivity contribution in [3.05, 3.63) is 72.3 Å². The van der Waals surface area contributed by atoms with E-state index >= 15 is 0 Å². The quantitative estimate of drug-likeness (QED) is 0.476. The minimum absolute atomic E-state index is 0.0487. The maximum absolute atomic E-state index is 13.4. The Balaban J connectivity index is 1.41. The molecule has 1 unspecified atom stereocenters. The third-order valence-electron chi connectivity index (χ3n) is 5.18. The second-order valence-corrected chi connectivity index (χ2v) is 8.31. The van der Waals surface area contributed by atoms with E-state index in [1.807, 2.05) is 48.5 Å². The van der Waals surface area contributed by atoms with Crippen molar-refractivity contribution < 1.29 is 9.53 Å². The van der Waals surface area contributed by atoms with Crippen molar-refractivity contribution in [3.63, 3.8) is 0 Å². The number of rotatable bonds is 6. The molecular formula is C22H21N5O2S. The maximum Gasteiger partial charge on any atom is 0.260 e. The first kappa shape index (κ1) is 18.9. The molecule has 1 aliphatic heterocycles. The van der Waals surface area contributed by atoms with Crippen LogP contribution in [0.5, 0.6) is 0 Å². The summed E-state index contributed by atoms with van der Waals surface area (Å²) in [6, 6.07) is 15.6. The topological polar surface area (TPSA) is 73.1 Å². The summed E-state index contributed by atoms with van der Waals surface area (Å²) >= 11 is 1.54. The highest BCUT2D eigenvalue weighted by Crippen LogP contribution is 2.30. The zero-order chi connectivity index (χ0) is 20.3. The average molecular weight is 420 g/mol. The second-order valence-electron chi connectivity index (χ2n) is 7.30. The molecule has 0 spiro atoms. The number of thiazole rings is 1. The molecular weight excluding hydrogens is 398 g/mol. The summed E-state index contributed by atoms with van der Waals surface area (Å²) in [4.78, 5) is 23.9. The third kappa shape index (κ3) is 3.96. The van der Waals surface area contributed by atoms with Gasteiger partial charge in [0.2, 0.25) is 0 Å². The summed E-state index contributed by atoms with van der Waals surface area (Å²) in [6.45, 7) is 1.88. The molecule has 1 amide bonds. The van der Waals surface area contributed by atoms with Gasteiger partial charge < -0.3 is 4.74 Å². The van der Waals surface area contributed by atoms with Crippen molar-refractivity contribution in [1.82, 2.24) is 19.7 Å². The van der Waals surface area contributed by atoms with E-state index in [4.69, 9.17) is 9.72 Å². The number of hydrogen-bond donors (Lipinski definition) is 0. The number of anilines is 1. The molecule has 0 bridgehead atoms. The number of amides is 1. The van der Waals surface area contributed by atoms with Gasteiger partial charge in [-0.05, 0) is 42.7 Å². The SMILES string of the molecule is O=C(c1ccc(Cn2cncn2)cc1)N(CC1CCCO1)c1nc2ccccc2s1. The number of hydrogen-bond acceptors (Lipinski definition) is 6. The van der Waals surface area contributed by atoms with Crippen molar-refractivity contribution in [2.24, 2.45) is 0 Å². The first-order valence-electron chi connectivity index (χ1n) is 9.97. The van der Waals surface area contributed by atoms with E-state index in [9.17, 15) is 4.79 Å². The molecule has 152 valence electrons. The number of ether oxygens (including phenoxy) is 1. The van der Waals surface area contributed by atoms with Crippen molar-refractivity contribution >= 4 is 32.6 Å². The van der Waals surface area contributed by atoms with Crippen LogP contribution in [0.25, 0.3) is 10.2 Å². The highest BCUT2D eigenvalue weighted by atomic mass is 32.1. The molecule has 0 radical (unpaired) electrons. The Morgan fingerprint density at radius 1 is 1.20 bits per heavy atom. The summed E-state index contributed by atoms with van der Waals surface area (Å²) in [5.74, 6) is -0.0585. The van der Waals surface area contributed by atoms with Crippen molar-refractivity contribution in [2.75, 3.05) is 18.1 Å².